The van der Waals surface area contributed by atoms with Crippen LogP contribution in [-0.4, -0.2) is 47.5 Å². The van der Waals surface area contributed by atoms with Crippen molar-refractivity contribution >= 4 is 40.1 Å². The molecule has 1 aliphatic rings. The van der Waals surface area contributed by atoms with Crippen LogP contribution in [-0.2, 0) is 16.1 Å². The van der Waals surface area contributed by atoms with E-state index in [-0.39, 0.29) is 17.6 Å². The van der Waals surface area contributed by atoms with Crippen molar-refractivity contribution in [2.75, 3.05) is 36.5 Å². The largest absolute Gasteiger partial charge is 0.378 e. The summed E-state index contributed by atoms with van der Waals surface area (Å²) in [7, 11) is 0. The van der Waals surface area contributed by atoms with Crippen LogP contribution in [0.2, 0.25) is 0 Å². The van der Waals surface area contributed by atoms with Gasteiger partial charge >= 0.3 is 0 Å². The van der Waals surface area contributed by atoms with E-state index in [9.17, 15) is 13.6 Å². The fourth-order valence-corrected chi connectivity index (χ4v) is 3.92. The van der Waals surface area contributed by atoms with E-state index in [4.69, 9.17) is 4.74 Å². The molecule has 4 rings (SSSR count). The van der Waals surface area contributed by atoms with Crippen molar-refractivity contribution in [3.63, 3.8) is 0 Å². The van der Waals surface area contributed by atoms with Crippen molar-refractivity contribution in [1.29, 1.82) is 0 Å². The third-order valence-electron chi connectivity index (χ3n) is 4.62. The molecule has 29 heavy (non-hydrogen) atoms. The number of aromatic nitrogens is 2. The summed E-state index contributed by atoms with van der Waals surface area (Å²) in [6.07, 6.45) is 0. The van der Waals surface area contributed by atoms with Gasteiger partial charge < -0.3 is 19.5 Å². The second-order valence-electron chi connectivity index (χ2n) is 6.55. The third-order valence-corrected chi connectivity index (χ3v) is 5.32. The Morgan fingerprint density at radius 1 is 1.17 bits per heavy atom. The van der Waals surface area contributed by atoms with Gasteiger partial charge in [-0.15, -0.1) is 0 Å². The lowest BCUT2D eigenvalue weighted by molar-refractivity contribution is -0.116. The molecule has 0 spiro atoms. The van der Waals surface area contributed by atoms with Crippen LogP contribution in [0.15, 0.2) is 53.7 Å². The Kier molecular flexibility index (Phi) is 5.96. The highest BCUT2D eigenvalue weighted by atomic mass is 32.2. The minimum atomic E-state index is -2.61. The summed E-state index contributed by atoms with van der Waals surface area (Å²) in [5.41, 5.74) is 2.89. The number of morpholine rings is 1. The molecule has 2 heterocycles. The zero-order valence-corrected chi connectivity index (χ0v) is 16.4. The number of rotatable bonds is 6. The topological polar surface area (TPSA) is 59.4 Å². The molecule has 6 nitrogen and oxygen atoms in total. The predicted molar refractivity (Wildman–Crippen MR) is 110 cm³/mol. The Hall–Kier alpha value is -2.65. The molecule has 1 fully saturated rings. The number of para-hydroxylation sites is 2. The Balaban J connectivity index is 1.51. The van der Waals surface area contributed by atoms with Crippen molar-refractivity contribution in [2.45, 2.75) is 17.5 Å². The molecule has 0 bridgehead atoms. The van der Waals surface area contributed by atoms with Gasteiger partial charge in [0.2, 0.25) is 5.91 Å². The van der Waals surface area contributed by atoms with E-state index >= 15 is 0 Å². The number of nitrogens with zero attached hydrogens (tertiary/aromatic N) is 3. The number of halogens is 2. The van der Waals surface area contributed by atoms with Crippen molar-refractivity contribution in [1.82, 2.24) is 9.55 Å². The molecule has 0 atom stereocenters. The molecule has 0 radical (unpaired) electrons. The molecule has 3 aromatic rings. The van der Waals surface area contributed by atoms with Gasteiger partial charge in [0.1, 0.15) is 6.54 Å². The number of hydrogen-bond donors (Lipinski definition) is 1. The number of benzene rings is 2. The van der Waals surface area contributed by atoms with Crippen molar-refractivity contribution in [3.05, 3.63) is 48.5 Å². The molecule has 0 unspecified atom stereocenters. The number of anilines is 2. The van der Waals surface area contributed by atoms with Crippen LogP contribution in [0.25, 0.3) is 11.0 Å². The second kappa shape index (κ2) is 8.79. The lowest BCUT2D eigenvalue weighted by atomic mass is 10.2. The van der Waals surface area contributed by atoms with E-state index in [0.29, 0.717) is 41.7 Å². The number of alkyl halides is 2. The average Bonchev–Trinajstić information content (AvgIpc) is 3.05. The highest BCUT2D eigenvalue weighted by Crippen LogP contribution is 2.28. The summed E-state index contributed by atoms with van der Waals surface area (Å²) in [5, 5.41) is 2.99. The van der Waals surface area contributed by atoms with Crippen LogP contribution in [0.4, 0.5) is 20.2 Å². The van der Waals surface area contributed by atoms with Gasteiger partial charge in [0.05, 0.1) is 24.2 Å². The number of carbonyl (C=O) groups is 1. The van der Waals surface area contributed by atoms with E-state index in [0.717, 1.165) is 18.8 Å². The summed E-state index contributed by atoms with van der Waals surface area (Å²) in [6.45, 7) is 2.85. The van der Waals surface area contributed by atoms with Gasteiger partial charge in [-0.1, -0.05) is 18.2 Å². The zero-order chi connectivity index (χ0) is 20.2. The highest BCUT2D eigenvalue weighted by molar-refractivity contribution is 7.99. The summed E-state index contributed by atoms with van der Waals surface area (Å²) in [6, 6.07) is 14.7. The van der Waals surface area contributed by atoms with Crippen LogP contribution in [0.1, 0.15) is 0 Å². The molecule has 9 heteroatoms. The average molecular weight is 418 g/mol. The van der Waals surface area contributed by atoms with Crippen molar-refractivity contribution in [2.24, 2.45) is 0 Å². The molecule has 1 aliphatic heterocycles. The Morgan fingerprint density at radius 3 is 2.76 bits per heavy atom. The van der Waals surface area contributed by atoms with E-state index in [1.807, 2.05) is 24.3 Å². The fraction of sp³-hybridized carbons (Fsp3) is 0.300. The van der Waals surface area contributed by atoms with E-state index < -0.39 is 5.76 Å². The molecule has 0 aliphatic carbocycles. The summed E-state index contributed by atoms with van der Waals surface area (Å²) in [5.74, 6) is -2.91. The van der Waals surface area contributed by atoms with E-state index in [1.54, 1.807) is 24.3 Å². The number of hydrogen-bond acceptors (Lipinski definition) is 5. The summed E-state index contributed by atoms with van der Waals surface area (Å²) < 4.78 is 32.8. The second-order valence-corrected chi connectivity index (χ2v) is 7.50. The molecular weight excluding hydrogens is 398 g/mol. The zero-order valence-electron chi connectivity index (χ0n) is 15.6. The number of nitrogens with one attached hydrogen (secondary N) is 1. The first-order chi connectivity index (χ1) is 14.1. The molecule has 0 saturated carbocycles. The Bertz CT molecular complexity index is 1010. The van der Waals surface area contributed by atoms with Gasteiger partial charge in [0, 0.05) is 24.5 Å². The molecular formula is C20H20F2N4O2S. The normalized spacial score (nSPS) is 14.5. The standard InChI is InChI=1S/C20H20F2N4O2S/c21-19(22)29-20-24-16-6-1-2-7-17(16)26(20)13-18(27)23-14-4-3-5-15(12-14)25-8-10-28-11-9-25/h1-7,12,19H,8-11,13H2,(H,23,27). The van der Waals surface area contributed by atoms with Crippen LogP contribution in [0.5, 0.6) is 0 Å². The lowest BCUT2D eigenvalue weighted by Gasteiger charge is -2.29. The van der Waals surface area contributed by atoms with Gasteiger partial charge in [-0.25, -0.2) is 4.98 Å². The smallest absolute Gasteiger partial charge is 0.291 e. The van der Waals surface area contributed by atoms with Gasteiger partial charge in [-0.3, -0.25) is 4.79 Å². The van der Waals surface area contributed by atoms with Crippen molar-refractivity contribution < 1.29 is 18.3 Å². The molecule has 1 aromatic heterocycles. The van der Waals surface area contributed by atoms with Gasteiger partial charge in [0.15, 0.2) is 5.16 Å². The van der Waals surface area contributed by atoms with Crippen LogP contribution in [0, 0.1) is 0 Å². The first-order valence-electron chi connectivity index (χ1n) is 9.23. The number of imidazole rings is 1. The Morgan fingerprint density at radius 2 is 1.97 bits per heavy atom. The molecule has 1 amide bonds. The number of fused-ring (bicyclic) bond motifs is 1. The van der Waals surface area contributed by atoms with Crippen LogP contribution < -0.4 is 10.2 Å². The maximum atomic E-state index is 12.9. The van der Waals surface area contributed by atoms with Crippen LogP contribution >= 0.6 is 11.8 Å². The number of thioether (sulfide) groups is 1. The summed E-state index contributed by atoms with van der Waals surface area (Å²) >= 11 is 0.340. The number of carbonyl (C=O) groups excluding carboxylic acids is 1. The molecule has 2 aromatic carbocycles. The third kappa shape index (κ3) is 4.68. The van der Waals surface area contributed by atoms with Gasteiger partial charge in [0.25, 0.3) is 5.76 Å². The van der Waals surface area contributed by atoms with Crippen LogP contribution in [0.3, 0.4) is 0 Å². The van der Waals surface area contributed by atoms with E-state index in [1.165, 1.54) is 4.57 Å². The molecule has 152 valence electrons. The summed E-state index contributed by atoms with van der Waals surface area (Å²) in [4.78, 5) is 19.1. The number of amides is 1. The first kappa shape index (κ1) is 19.7. The lowest BCUT2D eigenvalue weighted by Crippen LogP contribution is -2.36. The maximum absolute atomic E-state index is 12.9. The minimum Gasteiger partial charge on any atom is -0.378 e. The predicted octanol–water partition coefficient (Wildman–Crippen LogP) is 3.83. The van der Waals surface area contributed by atoms with E-state index in [2.05, 4.69) is 15.2 Å². The monoisotopic (exact) mass is 418 g/mol. The van der Waals surface area contributed by atoms with Crippen molar-refractivity contribution in [3.8, 4) is 0 Å². The molecule has 1 saturated heterocycles. The first-order valence-corrected chi connectivity index (χ1v) is 10.1. The number of ether oxygens (including phenoxy) is 1. The van der Waals surface area contributed by atoms with Gasteiger partial charge in [-0.2, -0.15) is 8.78 Å². The fourth-order valence-electron chi connectivity index (χ4n) is 3.32. The minimum absolute atomic E-state index is 0.0999. The SMILES string of the molecule is O=C(Cn1c(SC(F)F)nc2ccccc21)Nc1cccc(N2CCOCC2)c1. The Labute approximate surface area is 170 Å². The highest BCUT2D eigenvalue weighted by Gasteiger charge is 2.18. The quantitative estimate of drug-likeness (QED) is 0.617. The van der Waals surface area contributed by atoms with Gasteiger partial charge in [-0.05, 0) is 42.1 Å². The molecule has 1 N–H and O–H groups in total. The maximum Gasteiger partial charge on any atom is 0.291 e.